The number of fused-ring (bicyclic) bond motifs is 1. The van der Waals surface area contributed by atoms with Crippen LogP contribution in [0.2, 0.25) is 0 Å². The van der Waals surface area contributed by atoms with Crippen LogP contribution in [0.4, 0.5) is 0 Å². The van der Waals surface area contributed by atoms with Gasteiger partial charge in [0.2, 0.25) is 5.91 Å². The molecular weight excluding hydrogens is 130 g/mol. The number of ether oxygens (including phenoxy) is 1. The maximum absolute atomic E-state index is 11.2. The van der Waals surface area contributed by atoms with Crippen molar-refractivity contribution in [1.82, 2.24) is 5.32 Å². The minimum atomic E-state index is -0.102. The van der Waals surface area contributed by atoms with Gasteiger partial charge in [0.15, 0.2) is 0 Å². The summed E-state index contributed by atoms with van der Waals surface area (Å²) in [6.45, 7) is 1.42. The molecule has 2 fully saturated rings. The highest BCUT2D eigenvalue weighted by atomic mass is 16.5. The summed E-state index contributed by atoms with van der Waals surface area (Å²) in [7, 11) is 1.69. The molecule has 10 heavy (non-hydrogen) atoms. The molecule has 3 nitrogen and oxygen atoms in total. The van der Waals surface area contributed by atoms with Crippen LogP contribution in [0.25, 0.3) is 0 Å². The third kappa shape index (κ3) is 0.560. The van der Waals surface area contributed by atoms with Crippen LogP contribution in [-0.2, 0) is 9.53 Å². The van der Waals surface area contributed by atoms with E-state index in [9.17, 15) is 4.79 Å². The summed E-state index contributed by atoms with van der Waals surface area (Å²) in [5.41, 5.74) is -0.102. The maximum atomic E-state index is 11.2. The monoisotopic (exact) mass is 141 g/mol. The number of carbonyl (C=O) groups is 1. The molecule has 0 aromatic rings. The molecule has 1 aliphatic heterocycles. The minimum Gasteiger partial charge on any atom is -0.380 e. The van der Waals surface area contributed by atoms with Crippen LogP contribution in [0.1, 0.15) is 6.42 Å². The Morgan fingerprint density at radius 1 is 1.80 bits per heavy atom. The highest BCUT2D eigenvalue weighted by Gasteiger charge is 2.63. The van der Waals surface area contributed by atoms with Crippen LogP contribution in [-0.4, -0.2) is 26.2 Å². The fourth-order valence-electron chi connectivity index (χ4n) is 1.75. The second kappa shape index (κ2) is 1.72. The van der Waals surface area contributed by atoms with Crippen molar-refractivity contribution < 1.29 is 9.53 Å². The van der Waals surface area contributed by atoms with Gasteiger partial charge in [0.25, 0.3) is 0 Å². The number of amides is 1. The Hall–Kier alpha value is -0.570. The zero-order chi connectivity index (χ0) is 7.19. The van der Waals surface area contributed by atoms with Gasteiger partial charge in [0.05, 0.1) is 18.6 Å². The van der Waals surface area contributed by atoms with Crippen molar-refractivity contribution >= 4 is 5.91 Å². The topological polar surface area (TPSA) is 38.3 Å². The highest BCUT2D eigenvalue weighted by Crippen LogP contribution is 2.56. The van der Waals surface area contributed by atoms with Crippen LogP contribution in [0.3, 0.4) is 0 Å². The zero-order valence-corrected chi connectivity index (χ0v) is 6.02. The SMILES string of the molecule is CNC(=O)C12COCC1C2. The fraction of sp³-hybridized carbons (Fsp3) is 0.857. The van der Waals surface area contributed by atoms with Crippen molar-refractivity contribution in [2.45, 2.75) is 6.42 Å². The number of hydrogen-bond acceptors (Lipinski definition) is 2. The predicted molar refractivity (Wildman–Crippen MR) is 35.4 cm³/mol. The number of hydrogen-bond donors (Lipinski definition) is 1. The molecule has 0 aromatic carbocycles. The van der Waals surface area contributed by atoms with Crippen molar-refractivity contribution in [2.24, 2.45) is 11.3 Å². The number of carbonyl (C=O) groups excluding carboxylic acids is 1. The van der Waals surface area contributed by atoms with Gasteiger partial charge in [-0.3, -0.25) is 4.79 Å². The first-order valence-corrected chi connectivity index (χ1v) is 3.59. The average Bonchev–Trinajstić information content (AvgIpc) is 2.54. The molecule has 0 bridgehead atoms. The van der Waals surface area contributed by atoms with Crippen LogP contribution in [0.15, 0.2) is 0 Å². The van der Waals surface area contributed by atoms with E-state index in [2.05, 4.69) is 5.32 Å². The molecule has 2 unspecified atom stereocenters. The second-order valence-electron chi connectivity index (χ2n) is 3.15. The van der Waals surface area contributed by atoms with E-state index in [1.165, 1.54) is 0 Å². The lowest BCUT2D eigenvalue weighted by Gasteiger charge is -2.07. The van der Waals surface area contributed by atoms with E-state index in [1.807, 2.05) is 0 Å². The molecule has 1 amide bonds. The Kier molecular flexibility index (Phi) is 1.06. The smallest absolute Gasteiger partial charge is 0.228 e. The third-order valence-corrected chi connectivity index (χ3v) is 2.59. The Morgan fingerprint density at radius 3 is 3.00 bits per heavy atom. The maximum Gasteiger partial charge on any atom is 0.228 e. The summed E-state index contributed by atoms with van der Waals surface area (Å²) in [5, 5.41) is 2.67. The molecule has 1 saturated heterocycles. The molecule has 1 heterocycles. The van der Waals surface area contributed by atoms with E-state index in [1.54, 1.807) is 7.05 Å². The standard InChI is InChI=1S/C7H11NO2/c1-8-6(9)7-2-5(7)3-10-4-7/h5H,2-4H2,1H3,(H,8,9). The molecule has 1 saturated carbocycles. The van der Waals surface area contributed by atoms with Crippen LogP contribution in [0, 0.1) is 11.3 Å². The Morgan fingerprint density at radius 2 is 2.60 bits per heavy atom. The van der Waals surface area contributed by atoms with Crippen LogP contribution >= 0.6 is 0 Å². The van der Waals surface area contributed by atoms with Gasteiger partial charge >= 0.3 is 0 Å². The van der Waals surface area contributed by atoms with Crippen molar-refractivity contribution in [3.8, 4) is 0 Å². The first kappa shape index (κ1) is 6.16. The normalized spacial score (nSPS) is 42.7. The lowest BCUT2D eigenvalue weighted by Crippen LogP contribution is -2.30. The van der Waals surface area contributed by atoms with Crippen LogP contribution in [0.5, 0.6) is 0 Å². The Bertz CT molecular complexity index is 180. The van der Waals surface area contributed by atoms with Gasteiger partial charge < -0.3 is 10.1 Å². The van der Waals surface area contributed by atoms with Gasteiger partial charge in [0, 0.05) is 13.0 Å². The fourth-order valence-corrected chi connectivity index (χ4v) is 1.75. The van der Waals surface area contributed by atoms with Gasteiger partial charge in [-0.15, -0.1) is 0 Å². The molecule has 3 heteroatoms. The van der Waals surface area contributed by atoms with Crippen LogP contribution < -0.4 is 5.32 Å². The Balaban J connectivity index is 2.11. The van der Waals surface area contributed by atoms with Gasteiger partial charge in [-0.1, -0.05) is 0 Å². The van der Waals surface area contributed by atoms with E-state index >= 15 is 0 Å². The van der Waals surface area contributed by atoms with E-state index in [4.69, 9.17) is 4.74 Å². The van der Waals surface area contributed by atoms with E-state index in [-0.39, 0.29) is 11.3 Å². The predicted octanol–water partition coefficient (Wildman–Crippen LogP) is -0.231. The summed E-state index contributed by atoms with van der Waals surface area (Å²) in [4.78, 5) is 11.2. The molecule has 56 valence electrons. The summed E-state index contributed by atoms with van der Waals surface area (Å²) in [6.07, 6.45) is 1.03. The van der Waals surface area contributed by atoms with Crippen molar-refractivity contribution in [3.63, 3.8) is 0 Å². The molecule has 2 aliphatic rings. The molecule has 2 atom stereocenters. The van der Waals surface area contributed by atoms with E-state index in [0.717, 1.165) is 13.0 Å². The quantitative estimate of drug-likeness (QED) is 0.547. The minimum absolute atomic E-state index is 0.102. The average molecular weight is 141 g/mol. The van der Waals surface area contributed by atoms with E-state index in [0.29, 0.717) is 12.5 Å². The first-order chi connectivity index (χ1) is 4.79. The van der Waals surface area contributed by atoms with Crippen molar-refractivity contribution in [2.75, 3.05) is 20.3 Å². The molecule has 1 N–H and O–H groups in total. The number of rotatable bonds is 1. The molecule has 0 aromatic heterocycles. The molecular formula is C7H11NO2. The van der Waals surface area contributed by atoms with Gasteiger partial charge in [-0.2, -0.15) is 0 Å². The molecule has 1 aliphatic carbocycles. The zero-order valence-electron chi connectivity index (χ0n) is 6.02. The lowest BCUT2D eigenvalue weighted by molar-refractivity contribution is -0.126. The summed E-state index contributed by atoms with van der Waals surface area (Å²) < 4.78 is 5.17. The summed E-state index contributed by atoms with van der Waals surface area (Å²) in [6, 6.07) is 0. The number of nitrogens with one attached hydrogen (secondary N) is 1. The molecule has 0 radical (unpaired) electrons. The largest absolute Gasteiger partial charge is 0.380 e. The van der Waals surface area contributed by atoms with Gasteiger partial charge in [0.1, 0.15) is 0 Å². The highest BCUT2D eigenvalue weighted by molar-refractivity contribution is 5.86. The molecule has 2 rings (SSSR count). The van der Waals surface area contributed by atoms with Crippen molar-refractivity contribution in [3.05, 3.63) is 0 Å². The summed E-state index contributed by atoms with van der Waals surface area (Å²) >= 11 is 0. The first-order valence-electron chi connectivity index (χ1n) is 3.59. The van der Waals surface area contributed by atoms with Gasteiger partial charge in [-0.05, 0) is 6.42 Å². The Labute approximate surface area is 59.7 Å². The molecule has 0 spiro atoms. The summed E-state index contributed by atoms with van der Waals surface area (Å²) in [5.74, 6) is 0.683. The lowest BCUT2D eigenvalue weighted by atomic mass is 10.1. The third-order valence-electron chi connectivity index (χ3n) is 2.59. The van der Waals surface area contributed by atoms with E-state index < -0.39 is 0 Å². The van der Waals surface area contributed by atoms with Gasteiger partial charge in [-0.25, -0.2) is 0 Å². The van der Waals surface area contributed by atoms with Crippen molar-refractivity contribution in [1.29, 1.82) is 0 Å². The second-order valence-corrected chi connectivity index (χ2v) is 3.15.